The number of ether oxygens (including phenoxy) is 1. The minimum absolute atomic E-state index is 0.570. The number of hydrogen-bond donors (Lipinski definition) is 0. The van der Waals surface area contributed by atoms with Crippen molar-refractivity contribution in [3.05, 3.63) is 12.4 Å². The first-order chi connectivity index (χ1) is 6.79. The van der Waals surface area contributed by atoms with E-state index < -0.39 is 0 Å². The molecule has 0 spiro atoms. The molecule has 1 aliphatic heterocycles. The van der Waals surface area contributed by atoms with Gasteiger partial charge in [0.1, 0.15) is 5.82 Å². The highest BCUT2D eigenvalue weighted by molar-refractivity contribution is 5.37. The fraction of sp³-hybridized carbons (Fsp3) is 0.600. The molecule has 4 nitrogen and oxygen atoms in total. The lowest BCUT2D eigenvalue weighted by Gasteiger charge is -2.15. The second-order valence-electron chi connectivity index (χ2n) is 3.76. The summed E-state index contributed by atoms with van der Waals surface area (Å²) in [5.74, 6) is 2.29. The highest BCUT2D eigenvalue weighted by Crippen LogP contribution is 2.21. The summed E-state index contributed by atoms with van der Waals surface area (Å²) in [6.07, 6.45) is 4.68. The van der Waals surface area contributed by atoms with Crippen molar-refractivity contribution in [1.82, 2.24) is 9.97 Å². The number of rotatable bonds is 2. The van der Waals surface area contributed by atoms with Crippen molar-refractivity contribution < 1.29 is 4.74 Å². The maximum atomic E-state index is 4.96. The monoisotopic (exact) mass is 193 g/mol. The van der Waals surface area contributed by atoms with Crippen LogP contribution in [-0.2, 0) is 0 Å². The Hall–Kier alpha value is -1.32. The van der Waals surface area contributed by atoms with Gasteiger partial charge in [-0.3, -0.25) is 0 Å². The van der Waals surface area contributed by atoms with Crippen molar-refractivity contribution >= 4 is 5.82 Å². The Balaban J connectivity index is 2.09. The van der Waals surface area contributed by atoms with Gasteiger partial charge in [0.25, 0.3) is 0 Å². The summed E-state index contributed by atoms with van der Waals surface area (Å²) in [7, 11) is 1.60. The summed E-state index contributed by atoms with van der Waals surface area (Å²) in [6, 6.07) is 0. The average molecular weight is 193 g/mol. The average Bonchev–Trinajstić information content (AvgIpc) is 2.65. The number of anilines is 1. The first kappa shape index (κ1) is 9.24. The second kappa shape index (κ2) is 3.82. The molecule has 76 valence electrons. The largest absolute Gasteiger partial charge is 0.480 e. The molecule has 2 rings (SSSR count). The predicted molar refractivity (Wildman–Crippen MR) is 54.6 cm³/mol. The Labute approximate surface area is 83.9 Å². The zero-order chi connectivity index (χ0) is 9.97. The molecule has 0 unspecified atom stereocenters. The maximum Gasteiger partial charge on any atom is 0.232 e. The van der Waals surface area contributed by atoms with Crippen LogP contribution in [0.2, 0.25) is 0 Å². The first-order valence-corrected chi connectivity index (χ1v) is 4.90. The van der Waals surface area contributed by atoms with E-state index in [4.69, 9.17) is 4.74 Å². The zero-order valence-electron chi connectivity index (χ0n) is 8.60. The molecule has 2 heterocycles. The summed E-state index contributed by atoms with van der Waals surface area (Å²) in [5.41, 5.74) is 0. The highest BCUT2D eigenvalue weighted by Gasteiger charge is 2.19. The third kappa shape index (κ3) is 1.78. The van der Waals surface area contributed by atoms with E-state index >= 15 is 0 Å². The quantitative estimate of drug-likeness (QED) is 0.710. The topological polar surface area (TPSA) is 38.2 Å². The van der Waals surface area contributed by atoms with Crippen molar-refractivity contribution in [2.75, 3.05) is 25.1 Å². The van der Waals surface area contributed by atoms with Crippen LogP contribution in [0.1, 0.15) is 13.3 Å². The maximum absolute atomic E-state index is 4.96. The Bertz CT molecular complexity index is 299. The summed E-state index contributed by atoms with van der Waals surface area (Å²) in [5, 5.41) is 0. The zero-order valence-corrected chi connectivity index (χ0v) is 8.60. The van der Waals surface area contributed by atoms with Gasteiger partial charge in [0.2, 0.25) is 5.88 Å². The molecule has 1 atom stereocenters. The molecule has 0 bridgehead atoms. The number of methoxy groups -OCH3 is 1. The third-order valence-electron chi connectivity index (χ3n) is 2.57. The fourth-order valence-corrected chi connectivity index (χ4v) is 1.72. The van der Waals surface area contributed by atoms with Gasteiger partial charge in [0, 0.05) is 13.1 Å². The lowest BCUT2D eigenvalue weighted by molar-refractivity contribution is 0.395. The summed E-state index contributed by atoms with van der Waals surface area (Å²) in [6.45, 7) is 4.43. The normalized spacial score (nSPS) is 21.3. The SMILES string of the molecule is COc1cnc(N2CC[C@@H](C)C2)cn1. The number of nitrogens with zero attached hydrogens (tertiary/aromatic N) is 3. The van der Waals surface area contributed by atoms with Crippen LogP contribution < -0.4 is 9.64 Å². The predicted octanol–water partition coefficient (Wildman–Crippen LogP) is 1.33. The van der Waals surface area contributed by atoms with Crippen molar-refractivity contribution in [2.45, 2.75) is 13.3 Å². The van der Waals surface area contributed by atoms with E-state index in [0.29, 0.717) is 5.88 Å². The van der Waals surface area contributed by atoms with E-state index in [1.807, 2.05) is 0 Å². The molecular weight excluding hydrogens is 178 g/mol. The Morgan fingerprint density at radius 1 is 1.43 bits per heavy atom. The van der Waals surface area contributed by atoms with E-state index in [2.05, 4.69) is 21.8 Å². The van der Waals surface area contributed by atoms with Gasteiger partial charge in [0.05, 0.1) is 19.5 Å². The van der Waals surface area contributed by atoms with Crippen molar-refractivity contribution in [3.63, 3.8) is 0 Å². The molecule has 0 radical (unpaired) electrons. The third-order valence-corrected chi connectivity index (χ3v) is 2.57. The van der Waals surface area contributed by atoms with Crippen LogP contribution >= 0.6 is 0 Å². The van der Waals surface area contributed by atoms with Gasteiger partial charge in [-0.2, -0.15) is 0 Å². The van der Waals surface area contributed by atoms with E-state index in [0.717, 1.165) is 24.8 Å². The molecule has 4 heteroatoms. The summed E-state index contributed by atoms with van der Waals surface area (Å²) in [4.78, 5) is 10.7. The van der Waals surface area contributed by atoms with Gasteiger partial charge in [0.15, 0.2) is 0 Å². The van der Waals surface area contributed by atoms with Crippen LogP contribution in [0.25, 0.3) is 0 Å². The molecule has 0 aromatic carbocycles. The Morgan fingerprint density at radius 3 is 2.79 bits per heavy atom. The molecule has 1 aromatic heterocycles. The van der Waals surface area contributed by atoms with Crippen LogP contribution in [0.3, 0.4) is 0 Å². The van der Waals surface area contributed by atoms with Gasteiger partial charge < -0.3 is 9.64 Å². The van der Waals surface area contributed by atoms with Crippen LogP contribution in [0.4, 0.5) is 5.82 Å². The minimum Gasteiger partial charge on any atom is -0.480 e. The van der Waals surface area contributed by atoms with Crippen molar-refractivity contribution in [3.8, 4) is 5.88 Å². The van der Waals surface area contributed by atoms with Gasteiger partial charge in [-0.15, -0.1) is 0 Å². The van der Waals surface area contributed by atoms with Crippen LogP contribution in [0.15, 0.2) is 12.4 Å². The smallest absolute Gasteiger partial charge is 0.232 e. The fourth-order valence-electron chi connectivity index (χ4n) is 1.72. The molecule has 0 aliphatic carbocycles. The molecule has 1 aromatic rings. The summed E-state index contributed by atoms with van der Waals surface area (Å²) < 4.78 is 4.96. The van der Waals surface area contributed by atoms with Gasteiger partial charge >= 0.3 is 0 Å². The number of aromatic nitrogens is 2. The Morgan fingerprint density at radius 2 is 2.29 bits per heavy atom. The highest BCUT2D eigenvalue weighted by atomic mass is 16.5. The van der Waals surface area contributed by atoms with E-state index in [1.165, 1.54) is 6.42 Å². The minimum atomic E-state index is 0.570. The van der Waals surface area contributed by atoms with E-state index in [1.54, 1.807) is 19.5 Å². The van der Waals surface area contributed by atoms with Crippen LogP contribution in [0, 0.1) is 5.92 Å². The Kier molecular flexibility index (Phi) is 2.52. The molecule has 0 amide bonds. The molecule has 0 saturated carbocycles. The van der Waals surface area contributed by atoms with Gasteiger partial charge in [-0.25, -0.2) is 9.97 Å². The van der Waals surface area contributed by atoms with Gasteiger partial charge in [-0.1, -0.05) is 6.92 Å². The first-order valence-electron chi connectivity index (χ1n) is 4.90. The van der Waals surface area contributed by atoms with Gasteiger partial charge in [-0.05, 0) is 12.3 Å². The molecule has 0 N–H and O–H groups in total. The molecule has 1 aliphatic rings. The molecular formula is C10H15N3O. The van der Waals surface area contributed by atoms with Crippen LogP contribution in [0.5, 0.6) is 5.88 Å². The van der Waals surface area contributed by atoms with Crippen LogP contribution in [-0.4, -0.2) is 30.2 Å². The molecule has 14 heavy (non-hydrogen) atoms. The van der Waals surface area contributed by atoms with Crippen molar-refractivity contribution in [2.24, 2.45) is 5.92 Å². The van der Waals surface area contributed by atoms with Crippen molar-refractivity contribution in [1.29, 1.82) is 0 Å². The van der Waals surface area contributed by atoms with E-state index in [9.17, 15) is 0 Å². The number of hydrogen-bond acceptors (Lipinski definition) is 4. The molecule has 1 saturated heterocycles. The van der Waals surface area contributed by atoms with E-state index in [-0.39, 0.29) is 0 Å². The second-order valence-corrected chi connectivity index (χ2v) is 3.76. The lowest BCUT2D eigenvalue weighted by atomic mass is 10.2. The molecule has 1 fully saturated rings. The lowest BCUT2D eigenvalue weighted by Crippen LogP contribution is -2.20. The summed E-state index contributed by atoms with van der Waals surface area (Å²) >= 11 is 0. The standard InChI is InChI=1S/C10H15N3O/c1-8-3-4-13(7-8)9-5-12-10(14-2)6-11-9/h5-6,8H,3-4,7H2,1-2H3/t8-/m1/s1.